The van der Waals surface area contributed by atoms with E-state index in [-0.39, 0.29) is 6.29 Å². The number of hydrogen-bond donors (Lipinski definition) is 1. The summed E-state index contributed by atoms with van der Waals surface area (Å²) in [4.78, 5) is 3.26. The van der Waals surface area contributed by atoms with Crippen molar-refractivity contribution in [3.05, 3.63) is 164 Å². The van der Waals surface area contributed by atoms with Crippen LogP contribution in [0.3, 0.4) is 0 Å². The van der Waals surface area contributed by atoms with Crippen molar-refractivity contribution in [1.29, 1.82) is 0 Å². The molecule has 198 valence electrons. The topological polar surface area (TPSA) is 32.4 Å². The van der Waals surface area contributed by atoms with Gasteiger partial charge in [-0.05, 0) is 12.1 Å². The maximum Gasteiger partial charge on any atom is 0.284 e. The molecular formula is C35H35BN4. The Balaban J connectivity index is 0.000000184. The number of quaternary nitrogens is 1. The van der Waals surface area contributed by atoms with E-state index in [1.54, 1.807) is 0 Å². The summed E-state index contributed by atoms with van der Waals surface area (Å²) in [6, 6.07) is 53.3. The predicted molar refractivity (Wildman–Crippen MR) is 169 cm³/mol. The van der Waals surface area contributed by atoms with Crippen molar-refractivity contribution in [1.82, 2.24) is 4.90 Å². The highest BCUT2D eigenvalue weighted by atomic mass is 15.5. The van der Waals surface area contributed by atoms with Crippen molar-refractivity contribution >= 4 is 33.7 Å². The van der Waals surface area contributed by atoms with E-state index in [2.05, 4.69) is 145 Å². The van der Waals surface area contributed by atoms with E-state index in [1.807, 2.05) is 48.5 Å². The summed E-state index contributed by atoms with van der Waals surface area (Å²) >= 11 is 0. The molecule has 5 heteroatoms. The van der Waals surface area contributed by atoms with Crippen molar-refractivity contribution in [3.63, 3.8) is 0 Å². The van der Waals surface area contributed by atoms with E-state index in [9.17, 15) is 0 Å². The molecule has 2 atom stereocenters. The van der Waals surface area contributed by atoms with Crippen LogP contribution in [0.4, 0.5) is 5.69 Å². The van der Waals surface area contributed by atoms with Crippen LogP contribution in [-0.2, 0) is 0 Å². The normalized spacial score (nSPS) is 16.5. The third kappa shape index (κ3) is 5.80. The summed E-state index contributed by atoms with van der Waals surface area (Å²) in [5, 5.41) is 8.52. The van der Waals surface area contributed by atoms with Gasteiger partial charge in [0, 0.05) is 7.05 Å². The van der Waals surface area contributed by atoms with Crippen LogP contribution < -0.4 is 26.8 Å². The fraction of sp³-hybridized carbons (Fsp3) is 0.0857. The van der Waals surface area contributed by atoms with Gasteiger partial charge in [-0.25, -0.2) is 0 Å². The van der Waals surface area contributed by atoms with Crippen LogP contribution in [-0.4, -0.2) is 31.4 Å². The third-order valence-electron chi connectivity index (χ3n) is 7.60. The van der Waals surface area contributed by atoms with Crippen molar-refractivity contribution in [2.75, 3.05) is 14.1 Å². The second kappa shape index (κ2) is 12.9. The lowest BCUT2D eigenvalue weighted by atomic mass is 9.13. The smallest absolute Gasteiger partial charge is 0.284 e. The summed E-state index contributed by atoms with van der Waals surface area (Å²) in [6.07, 6.45) is 2.93. The van der Waals surface area contributed by atoms with Crippen LogP contribution in [0.5, 0.6) is 0 Å². The van der Waals surface area contributed by atoms with Crippen LogP contribution in [0.1, 0.15) is 0 Å². The first-order chi connectivity index (χ1) is 19.7. The van der Waals surface area contributed by atoms with E-state index in [4.69, 9.17) is 0 Å². The fourth-order valence-electron chi connectivity index (χ4n) is 5.63. The number of nitrogens with one attached hydrogen (secondary N) is 1. The standard InChI is InChI=1S/C24H20B.C11H14N4/c1-5-13-21(14-6-1)25(22-15-7-2-8-16-22,23-17-9-3-10-18-23)24-19-11-4-12-20-24;1-14-8-9-15(2)11(14)13-12-10-6-4-3-5-7-10/h1-20H;3-9,11H,1-2H3/q-1;/p+1/b;13-12+. The third-order valence-corrected chi connectivity index (χ3v) is 7.60. The molecule has 1 N–H and O–H groups in total. The zero-order valence-corrected chi connectivity index (χ0v) is 23.1. The van der Waals surface area contributed by atoms with Gasteiger partial charge in [0.15, 0.2) is 0 Å². The number of nitrogens with zero attached hydrogens (tertiary/aromatic N) is 3. The summed E-state index contributed by atoms with van der Waals surface area (Å²) in [6.45, 7) is 0. The van der Waals surface area contributed by atoms with Gasteiger partial charge in [-0.3, -0.25) is 4.90 Å². The molecule has 0 spiro atoms. The molecule has 1 aliphatic heterocycles. The van der Waals surface area contributed by atoms with E-state index in [0.29, 0.717) is 0 Å². The zero-order chi connectivity index (χ0) is 27.6. The first kappa shape index (κ1) is 26.9. The fourth-order valence-corrected chi connectivity index (χ4v) is 5.63. The Bertz CT molecular complexity index is 1330. The van der Waals surface area contributed by atoms with Crippen molar-refractivity contribution in [2.24, 2.45) is 10.2 Å². The average molecular weight is 523 g/mol. The molecule has 5 aromatic carbocycles. The van der Waals surface area contributed by atoms with Gasteiger partial charge >= 0.3 is 0 Å². The number of hydrogen-bond acceptors (Lipinski definition) is 3. The van der Waals surface area contributed by atoms with Gasteiger partial charge in [-0.15, -0.1) is 10.2 Å². The minimum absolute atomic E-state index is 0.0604. The minimum Gasteiger partial charge on any atom is -0.306 e. The van der Waals surface area contributed by atoms with Gasteiger partial charge < -0.3 is 4.90 Å². The summed E-state index contributed by atoms with van der Waals surface area (Å²) in [5.74, 6) is 0. The highest BCUT2D eigenvalue weighted by molar-refractivity contribution is 7.19. The molecule has 40 heavy (non-hydrogen) atoms. The lowest BCUT2D eigenvalue weighted by molar-refractivity contribution is -0.856. The Kier molecular flexibility index (Phi) is 8.64. The van der Waals surface area contributed by atoms with Gasteiger partial charge in [-0.2, -0.15) is 21.9 Å². The van der Waals surface area contributed by atoms with Gasteiger partial charge in [0.05, 0.1) is 18.9 Å². The molecule has 5 aromatic rings. The Labute approximate surface area is 237 Å². The Morgan fingerprint density at radius 1 is 0.550 bits per heavy atom. The molecular weight excluding hydrogens is 487 g/mol. The van der Waals surface area contributed by atoms with Crippen LogP contribution in [0.25, 0.3) is 0 Å². The summed E-state index contributed by atoms with van der Waals surface area (Å²) in [5.41, 5.74) is 6.25. The maximum absolute atomic E-state index is 4.31. The quantitative estimate of drug-likeness (QED) is 0.265. The van der Waals surface area contributed by atoms with E-state index < -0.39 is 6.15 Å². The Hall–Kier alpha value is -4.74. The first-order valence-corrected chi connectivity index (χ1v) is 13.8. The predicted octanol–water partition coefficient (Wildman–Crippen LogP) is 4.05. The highest BCUT2D eigenvalue weighted by Gasteiger charge is 2.31. The van der Waals surface area contributed by atoms with Crippen LogP contribution in [0.15, 0.2) is 174 Å². The molecule has 2 unspecified atom stereocenters. The van der Waals surface area contributed by atoms with E-state index in [0.717, 1.165) is 5.69 Å². The van der Waals surface area contributed by atoms with Crippen LogP contribution in [0.2, 0.25) is 0 Å². The molecule has 0 bridgehead atoms. The highest BCUT2D eigenvalue weighted by Crippen LogP contribution is 2.12. The monoisotopic (exact) mass is 522 g/mol. The summed E-state index contributed by atoms with van der Waals surface area (Å²) in [7, 11) is 4.07. The molecule has 0 radical (unpaired) electrons. The second-order valence-corrected chi connectivity index (χ2v) is 10.2. The lowest BCUT2D eigenvalue weighted by Crippen LogP contribution is -3.08. The van der Waals surface area contributed by atoms with Gasteiger partial charge in [0.25, 0.3) is 6.29 Å². The molecule has 0 amide bonds. The molecule has 4 nitrogen and oxygen atoms in total. The number of benzene rings is 5. The maximum atomic E-state index is 4.31. The molecule has 0 aliphatic carbocycles. The van der Waals surface area contributed by atoms with Crippen molar-refractivity contribution in [2.45, 2.75) is 6.29 Å². The zero-order valence-electron chi connectivity index (χ0n) is 23.1. The number of rotatable bonds is 6. The van der Waals surface area contributed by atoms with Crippen molar-refractivity contribution in [3.8, 4) is 0 Å². The lowest BCUT2D eigenvalue weighted by Gasteiger charge is -2.44. The molecule has 0 saturated heterocycles. The molecule has 6 rings (SSSR count). The number of azo groups is 1. The van der Waals surface area contributed by atoms with Crippen LogP contribution >= 0.6 is 0 Å². The van der Waals surface area contributed by atoms with Gasteiger partial charge in [0.2, 0.25) is 0 Å². The SMILES string of the molecule is CN1C=C[NH+](C)C1/N=N/c1ccccc1.c1ccc([B-](c2ccccc2)(c2ccccc2)c2ccccc2)cc1. The molecule has 0 aromatic heterocycles. The largest absolute Gasteiger partial charge is 0.306 e. The van der Waals surface area contributed by atoms with Crippen molar-refractivity contribution < 1.29 is 4.90 Å². The minimum atomic E-state index is -1.22. The Morgan fingerprint density at radius 2 is 0.900 bits per heavy atom. The second-order valence-electron chi connectivity index (χ2n) is 10.2. The van der Waals surface area contributed by atoms with E-state index >= 15 is 0 Å². The van der Waals surface area contributed by atoms with Crippen LogP contribution in [0, 0.1) is 0 Å². The van der Waals surface area contributed by atoms with Gasteiger partial charge in [0.1, 0.15) is 12.3 Å². The Morgan fingerprint density at radius 3 is 1.23 bits per heavy atom. The van der Waals surface area contributed by atoms with E-state index in [1.165, 1.54) is 26.8 Å². The average Bonchev–Trinajstić information content (AvgIpc) is 3.36. The van der Waals surface area contributed by atoms with Gasteiger partial charge in [-0.1, -0.05) is 140 Å². The molecule has 0 fully saturated rings. The first-order valence-electron chi connectivity index (χ1n) is 13.8. The molecule has 1 heterocycles. The summed E-state index contributed by atoms with van der Waals surface area (Å²) < 4.78 is 0. The molecule has 1 aliphatic rings. The molecule has 0 saturated carbocycles.